The van der Waals surface area contributed by atoms with Crippen LogP contribution in [0.2, 0.25) is 0 Å². The van der Waals surface area contributed by atoms with Gasteiger partial charge in [0.15, 0.2) is 0 Å². The Bertz CT molecular complexity index is 745. The molecule has 4 rings (SSSR count). The van der Waals surface area contributed by atoms with Gasteiger partial charge < -0.3 is 9.47 Å². The molecule has 0 aromatic carbocycles. The summed E-state index contributed by atoms with van der Waals surface area (Å²) in [5, 5.41) is 4.18. The molecule has 0 spiro atoms. The molecule has 0 aliphatic carbocycles. The third kappa shape index (κ3) is 2.03. The largest absolute Gasteiger partial charge is 0.311 e. The Morgan fingerprint density at radius 2 is 2.05 bits per heavy atom. The van der Waals surface area contributed by atoms with Crippen molar-refractivity contribution in [2.75, 3.05) is 20.1 Å². The maximum Gasteiger partial charge on any atom is 0.258 e. The maximum absolute atomic E-state index is 12.8. The standard InChI is InChI=1S/C16H20N4O/c1-18-7-11-5-12(9-18)15-4-3-14(16(21)20(15)8-11)13-6-17-19(2)10-13/h3-4,6,10-12H,5,7-9H2,1-2H3. The van der Waals surface area contributed by atoms with Crippen LogP contribution in [0.25, 0.3) is 11.1 Å². The lowest BCUT2D eigenvalue weighted by atomic mass is 9.83. The molecule has 2 aliphatic heterocycles. The summed E-state index contributed by atoms with van der Waals surface area (Å²) in [6, 6.07) is 4.11. The molecule has 0 saturated carbocycles. The highest BCUT2D eigenvalue weighted by molar-refractivity contribution is 5.60. The molecule has 1 saturated heterocycles. The smallest absolute Gasteiger partial charge is 0.258 e. The van der Waals surface area contributed by atoms with Crippen LogP contribution >= 0.6 is 0 Å². The van der Waals surface area contributed by atoms with Gasteiger partial charge in [0, 0.05) is 50.1 Å². The van der Waals surface area contributed by atoms with Crippen molar-refractivity contribution in [3.8, 4) is 11.1 Å². The highest BCUT2D eigenvalue weighted by Gasteiger charge is 2.33. The van der Waals surface area contributed by atoms with E-state index in [1.165, 1.54) is 12.1 Å². The summed E-state index contributed by atoms with van der Waals surface area (Å²) in [5.41, 5.74) is 3.01. The van der Waals surface area contributed by atoms with E-state index in [1.807, 2.05) is 23.9 Å². The van der Waals surface area contributed by atoms with Crippen LogP contribution in [0.4, 0.5) is 0 Å². The number of hydrogen-bond donors (Lipinski definition) is 0. The van der Waals surface area contributed by atoms with Crippen LogP contribution in [-0.4, -0.2) is 39.4 Å². The second-order valence-electron chi connectivity index (χ2n) is 6.51. The summed E-state index contributed by atoms with van der Waals surface area (Å²) in [6.45, 7) is 3.00. The van der Waals surface area contributed by atoms with Crippen LogP contribution < -0.4 is 5.56 Å². The number of likely N-dealkylation sites (N-methyl/N-ethyl adjacent to an activating group) is 1. The zero-order valence-corrected chi connectivity index (χ0v) is 12.5. The minimum Gasteiger partial charge on any atom is -0.311 e. The van der Waals surface area contributed by atoms with E-state index in [-0.39, 0.29) is 5.56 Å². The van der Waals surface area contributed by atoms with Gasteiger partial charge in [0.25, 0.3) is 5.56 Å². The van der Waals surface area contributed by atoms with Crippen molar-refractivity contribution in [2.45, 2.75) is 18.9 Å². The van der Waals surface area contributed by atoms with Gasteiger partial charge in [0.1, 0.15) is 0 Å². The molecule has 5 nitrogen and oxygen atoms in total. The predicted molar refractivity (Wildman–Crippen MR) is 81.2 cm³/mol. The van der Waals surface area contributed by atoms with Crippen LogP contribution in [-0.2, 0) is 13.6 Å². The summed E-state index contributed by atoms with van der Waals surface area (Å²) in [5.74, 6) is 1.10. The van der Waals surface area contributed by atoms with E-state index in [9.17, 15) is 4.79 Å². The zero-order valence-electron chi connectivity index (χ0n) is 12.5. The molecule has 2 aliphatic rings. The monoisotopic (exact) mass is 284 g/mol. The lowest BCUT2D eigenvalue weighted by Gasteiger charge is -2.41. The predicted octanol–water partition coefficient (Wildman–Crippen LogP) is 1.30. The summed E-state index contributed by atoms with van der Waals surface area (Å²) >= 11 is 0. The van der Waals surface area contributed by atoms with Crippen molar-refractivity contribution in [3.63, 3.8) is 0 Å². The van der Waals surface area contributed by atoms with Crippen molar-refractivity contribution in [1.29, 1.82) is 0 Å². The molecule has 110 valence electrons. The molecular weight excluding hydrogens is 264 g/mol. The second-order valence-corrected chi connectivity index (χ2v) is 6.51. The minimum atomic E-state index is 0.139. The molecule has 2 aromatic heterocycles. The fourth-order valence-corrected chi connectivity index (χ4v) is 3.97. The first kappa shape index (κ1) is 12.8. The number of aromatic nitrogens is 3. The Balaban J connectivity index is 1.83. The van der Waals surface area contributed by atoms with Gasteiger partial charge in [-0.15, -0.1) is 0 Å². The number of aryl methyl sites for hydroxylation is 1. The van der Waals surface area contributed by atoms with E-state index in [1.54, 1.807) is 10.9 Å². The molecule has 0 amide bonds. The third-order valence-corrected chi connectivity index (χ3v) is 4.80. The SMILES string of the molecule is CN1CC2CC(C1)c1ccc(-c3cnn(C)c3)c(=O)n1C2. The van der Waals surface area contributed by atoms with Crippen molar-refractivity contribution in [1.82, 2.24) is 19.2 Å². The number of rotatable bonds is 1. The molecule has 0 radical (unpaired) electrons. The highest BCUT2D eigenvalue weighted by atomic mass is 16.1. The normalized spacial score (nSPS) is 24.9. The van der Waals surface area contributed by atoms with Gasteiger partial charge in [-0.1, -0.05) is 0 Å². The first-order valence-electron chi connectivity index (χ1n) is 7.53. The zero-order chi connectivity index (χ0) is 14.6. The lowest BCUT2D eigenvalue weighted by Crippen LogP contribution is -2.45. The molecule has 5 heteroatoms. The van der Waals surface area contributed by atoms with Gasteiger partial charge in [-0.05, 0) is 31.5 Å². The fourth-order valence-electron chi connectivity index (χ4n) is 3.97. The van der Waals surface area contributed by atoms with Crippen molar-refractivity contribution >= 4 is 0 Å². The number of fused-ring (bicyclic) bond motifs is 4. The fraction of sp³-hybridized carbons (Fsp3) is 0.500. The maximum atomic E-state index is 12.8. The second kappa shape index (κ2) is 4.56. The number of hydrogen-bond acceptors (Lipinski definition) is 3. The summed E-state index contributed by atoms with van der Waals surface area (Å²) in [7, 11) is 4.05. The summed E-state index contributed by atoms with van der Waals surface area (Å²) in [4.78, 5) is 15.2. The Hall–Kier alpha value is -1.88. The van der Waals surface area contributed by atoms with Gasteiger partial charge in [-0.25, -0.2) is 0 Å². The molecule has 2 unspecified atom stereocenters. The van der Waals surface area contributed by atoms with Crippen molar-refractivity contribution < 1.29 is 0 Å². The molecule has 4 heterocycles. The van der Waals surface area contributed by atoms with Gasteiger partial charge in [-0.2, -0.15) is 5.10 Å². The van der Waals surface area contributed by atoms with Crippen molar-refractivity contribution in [3.05, 3.63) is 40.6 Å². The summed E-state index contributed by atoms with van der Waals surface area (Å²) < 4.78 is 3.75. The van der Waals surface area contributed by atoms with Gasteiger partial charge in [-0.3, -0.25) is 9.48 Å². The Morgan fingerprint density at radius 3 is 2.81 bits per heavy atom. The van der Waals surface area contributed by atoms with Crippen LogP contribution in [0, 0.1) is 5.92 Å². The molecule has 1 fully saturated rings. The van der Waals surface area contributed by atoms with E-state index >= 15 is 0 Å². The number of likely N-dealkylation sites (tertiary alicyclic amines) is 1. The number of piperidine rings is 1. The van der Waals surface area contributed by atoms with Crippen LogP contribution in [0.1, 0.15) is 18.0 Å². The molecule has 2 aromatic rings. The quantitative estimate of drug-likeness (QED) is 0.793. The average molecular weight is 284 g/mol. The summed E-state index contributed by atoms with van der Waals surface area (Å²) in [6.07, 6.45) is 4.89. The van der Waals surface area contributed by atoms with Gasteiger partial charge in [0.05, 0.1) is 11.8 Å². The first-order valence-corrected chi connectivity index (χ1v) is 7.53. The van der Waals surface area contributed by atoms with Gasteiger partial charge >= 0.3 is 0 Å². The molecule has 21 heavy (non-hydrogen) atoms. The molecule has 2 atom stereocenters. The van der Waals surface area contributed by atoms with Crippen LogP contribution in [0.15, 0.2) is 29.3 Å². The highest BCUT2D eigenvalue weighted by Crippen LogP contribution is 2.35. The molecular formula is C16H20N4O. The van der Waals surface area contributed by atoms with E-state index in [4.69, 9.17) is 0 Å². The Morgan fingerprint density at radius 1 is 1.19 bits per heavy atom. The topological polar surface area (TPSA) is 43.1 Å². The van der Waals surface area contributed by atoms with E-state index in [0.29, 0.717) is 11.8 Å². The van der Waals surface area contributed by atoms with E-state index in [2.05, 4.69) is 23.1 Å². The molecule has 2 bridgehead atoms. The Kier molecular flexibility index (Phi) is 2.79. The van der Waals surface area contributed by atoms with Crippen LogP contribution in [0.5, 0.6) is 0 Å². The third-order valence-electron chi connectivity index (χ3n) is 4.80. The van der Waals surface area contributed by atoms with Crippen LogP contribution in [0.3, 0.4) is 0 Å². The number of pyridine rings is 1. The molecule has 0 N–H and O–H groups in total. The van der Waals surface area contributed by atoms with Gasteiger partial charge in [0.2, 0.25) is 0 Å². The lowest BCUT2D eigenvalue weighted by molar-refractivity contribution is 0.145. The minimum absolute atomic E-state index is 0.139. The average Bonchev–Trinajstić information content (AvgIpc) is 2.86. The number of nitrogens with zero attached hydrogens (tertiary/aromatic N) is 4. The van der Waals surface area contributed by atoms with E-state index in [0.717, 1.165) is 30.8 Å². The Labute approximate surface area is 123 Å². The van der Waals surface area contributed by atoms with Crippen molar-refractivity contribution in [2.24, 2.45) is 13.0 Å². The first-order chi connectivity index (χ1) is 10.1. The van der Waals surface area contributed by atoms with E-state index < -0.39 is 0 Å².